The van der Waals surface area contributed by atoms with Gasteiger partial charge in [-0.2, -0.15) is 0 Å². The van der Waals surface area contributed by atoms with Crippen LogP contribution in [0.15, 0.2) is 47.4 Å². The molecule has 0 spiro atoms. The van der Waals surface area contributed by atoms with Gasteiger partial charge in [0.2, 0.25) is 0 Å². The van der Waals surface area contributed by atoms with Gasteiger partial charge in [-0.05, 0) is 30.3 Å². The van der Waals surface area contributed by atoms with Crippen molar-refractivity contribution in [3.05, 3.63) is 52.5 Å². The lowest BCUT2D eigenvalue weighted by atomic mass is 10.3. The van der Waals surface area contributed by atoms with Crippen LogP contribution in [0.4, 0.5) is 5.69 Å². The van der Waals surface area contributed by atoms with E-state index in [4.69, 9.17) is 23.2 Å². The van der Waals surface area contributed by atoms with Gasteiger partial charge in [-0.1, -0.05) is 35.3 Å². The van der Waals surface area contributed by atoms with Crippen molar-refractivity contribution in [2.45, 2.75) is 4.90 Å². The molecule has 19 heavy (non-hydrogen) atoms. The van der Waals surface area contributed by atoms with E-state index < -0.39 is 10.0 Å². The van der Waals surface area contributed by atoms with Gasteiger partial charge in [0.1, 0.15) is 10.6 Å². The van der Waals surface area contributed by atoms with Crippen LogP contribution in [-0.2, 0) is 10.0 Å². The van der Waals surface area contributed by atoms with Crippen molar-refractivity contribution >= 4 is 38.9 Å². The summed E-state index contributed by atoms with van der Waals surface area (Å²) in [7, 11) is -3.88. The van der Waals surface area contributed by atoms with E-state index in [1.807, 2.05) is 0 Å². The van der Waals surface area contributed by atoms with Gasteiger partial charge in [-0.25, -0.2) is 8.42 Å². The van der Waals surface area contributed by atoms with Crippen LogP contribution in [-0.4, -0.2) is 13.5 Å². The molecule has 0 amide bonds. The first kappa shape index (κ1) is 14.0. The van der Waals surface area contributed by atoms with Gasteiger partial charge in [-0.15, -0.1) is 0 Å². The van der Waals surface area contributed by atoms with Crippen LogP contribution in [0.5, 0.6) is 5.75 Å². The third-order valence-electron chi connectivity index (χ3n) is 2.33. The number of para-hydroxylation sites is 2. The molecule has 0 aliphatic heterocycles. The molecule has 0 heterocycles. The van der Waals surface area contributed by atoms with Gasteiger partial charge in [0.05, 0.1) is 10.7 Å². The summed E-state index contributed by atoms with van der Waals surface area (Å²) in [5, 5.41) is 9.90. The third kappa shape index (κ3) is 3.12. The Kier molecular flexibility index (Phi) is 3.89. The summed E-state index contributed by atoms with van der Waals surface area (Å²) in [6, 6.07) is 10.1. The number of anilines is 1. The fourth-order valence-electron chi connectivity index (χ4n) is 1.45. The highest BCUT2D eigenvalue weighted by molar-refractivity contribution is 7.92. The van der Waals surface area contributed by atoms with Crippen molar-refractivity contribution in [2.75, 3.05) is 4.72 Å². The number of hydrogen-bond acceptors (Lipinski definition) is 3. The molecular weight excluding hydrogens is 309 g/mol. The zero-order valence-electron chi connectivity index (χ0n) is 9.47. The van der Waals surface area contributed by atoms with Crippen molar-refractivity contribution in [3.63, 3.8) is 0 Å². The second-order valence-electron chi connectivity index (χ2n) is 3.70. The first-order chi connectivity index (χ1) is 8.90. The number of phenolic OH excluding ortho intramolecular Hbond substituents is 1. The van der Waals surface area contributed by atoms with Crippen molar-refractivity contribution in [1.82, 2.24) is 0 Å². The lowest BCUT2D eigenvalue weighted by Crippen LogP contribution is -2.13. The highest BCUT2D eigenvalue weighted by Crippen LogP contribution is 2.29. The molecule has 0 atom stereocenters. The SMILES string of the molecule is O=S(=O)(Nc1ccccc1O)c1ccc(Cl)cc1Cl. The van der Waals surface area contributed by atoms with E-state index in [9.17, 15) is 13.5 Å². The van der Waals surface area contributed by atoms with Crippen molar-refractivity contribution in [3.8, 4) is 5.75 Å². The average molecular weight is 318 g/mol. The van der Waals surface area contributed by atoms with Crippen LogP contribution >= 0.6 is 23.2 Å². The van der Waals surface area contributed by atoms with Crippen LogP contribution in [0.3, 0.4) is 0 Å². The van der Waals surface area contributed by atoms with Crippen molar-refractivity contribution in [2.24, 2.45) is 0 Å². The van der Waals surface area contributed by atoms with Crippen LogP contribution in [0.2, 0.25) is 10.0 Å². The maximum absolute atomic E-state index is 12.1. The molecule has 0 saturated carbocycles. The minimum Gasteiger partial charge on any atom is -0.506 e. The number of halogens is 2. The number of benzene rings is 2. The molecule has 0 fully saturated rings. The van der Waals surface area contributed by atoms with E-state index in [0.717, 1.165) is 0 Å². The lowest BCUT2D eigenvalue weighted by molar-refractivity contribution is 0.477. The number of phenols is 1. The minimum atomic E-state index is -3.88. The monoisotopic (exact) mass is 317 g/mol. The second-order valence-corrected chi connectivity index (χ2v) is 6.19. The predicted molar refractivity (Wildman–Crippen MR) is 75.4 cm³/mol. The molecule has 2 aromatic rings. The van der Waals surface area contributed by atoms with Gasteiger partial charge >= 0.3 is 0 Å². The first-order valence-electron chi connectivity index (χ1n) is 5.16. The van der Waals surface area contributed by atoms with Gasteiger partial charge < -0.3 is 5.11 Å². The maximum atomic E-state index is 12.1. The number of rotatable bonds is 3. The highest BCUT2D eigenvalue weighted by Gasteiger charge is 2.19. The molecule has 0 aromatic heterocycles. The summed E-state index contributed by atoms with van der Waals surface area (Å²) in [5.41, 5.74) is 0.0773. The summed E-state index contributed by atoms with van der Waals surface area (Å²) in [6.45, 7) is 0. The van der Waals surface area contributed by atoms with Gasteiger partial charge in [0.25, 0.3) is 10.0 Å². The topological polar surface area (TPSA) is 66.4 Å². The first-order valence-corrected chi connectivity index (χ1v) is 7.40. The van der Waals surface area contributed by atoms with Crippen molar-refractivity contribution < 1.29 is 13.5 Å². The number of sulfonamides is 1. The largest absolute Gasteiger partial charge is 0.506 e. The molecule has 2 aromatic carbocycles. The van der Waals surface area contributed by atoms with Gasteiger partial charge in [-0.3, -0.25) is 4.72 Å². The summed E-state index contributed by atoms with van der Waals surface area (Å²) < 4.78 is 26.5. The average Bonchev–Trinajstić information content (AvgIpc) is 2.31. The molecule has 4 nitrogen and oxygen atoms in total. The standard InChI is InChI=1S/C12H9Cl2NO3S/c13-8-5-6-12(9(14)7-8)19(17,18)15-10-3-1-2-4-11(10)16/h1-7,15-16H. The Morgan fingerprint density at radius 1 is 1.05 bits per heavy atom. The molecule has 2 rings (SSSR count). The normalized spacial score (nSPS) is 11.3. The Morgan fingerprint density at radius 3 is 2.37 bits per heavy atom. The Morgan fingerprint density at radius 2 is 1.74 bits per heavy atom. The minimum absolute atomic E-state index is 0.00965. The molecule has 0 unspecified atom stereocenters. The molecule has 7 heteroatoms. The fourth-order valence-corrected chi connectivity index (χ4v) is 3.30. The van der Waals surface area contributed by atoms with Crippen LogP contribution in [0.25, 0.3) is 0 Å². The number of aromatic hydroxyl groups is 1. The van der Waals surface area contributed by atoms with Crippen molar-refractivity contribution in [1.29, 1.82) is 0 Å². The second kappa shape index (κ2) is 5.28. The highest BCUT2D eigenvalue weighted by atomic mass is 35.5. The quantitative estimate of drug-likeness (QED) is 0.851. The van der Waals surface area contributed by atoms with E-state index in [0.29, 0.717) is 5.02 Å². The molecular formula is C12H9Cl2NO3S. The van der Waals surface area contributed by atoms with Gasteiger partial charge in [0.15, 0.2) is 0 Å². The summed E-state index contributed by atoms with van der Waals surface area (Å²) >= 11 is 11.6. The Hall–Kier alpha value is -1.43. The molecule has 0 aliphatic rings. The number of hydrogen-bond donors (Lipinski definition) is 2. The molecule has 2 N–H and O–H groups in total. The zero-order valence-corrected chi connectivity index (χ0v) is 11.8. The molecule has 0 bridgehead atoms. The van der Waals surface area contributed by atoms with Crippen LogP contribution < -0.4 is 4.72 Å². The fraction of sp³-hybridized carbons (Fsp3) is 0. The lowest BCUT2D eigenvalue weighted by Gasteiger charge is -2.10. The maximum Gasteiger partial charge on any atom is 0.263 e. The Balaban J connectivity index is 2.41. The predicted octanol–water partition coefficient (Wildman–Crippen LogP) is 3.50. The Bertz CT molecular complexity index is 717. The molecule has 0 saturated heterocycles. The summed E-state index contributed by atoms with van der Waals surface area (Å²) in [6.07, 6.45) is 0. The van der Waals surface area contributed by atoms with E-state index in [-0.39, 0.29) is 21.4 Å². The smallest absolute Gasteiger partial charge is 0.263 e. The Labute approximate surface area is 120 Å². The third-order valence-corrected chi connectivity index (χ3v) is 4.42. The molecule has 0 aliphatic carbocycles. The molecule has 100 valence electrons. The molecule has 0 radical (unpaired) electrons. The van der Waals surface area contributed by atoms with Crippen LogP contribution in [0.1, 0.15) is 0 Å². The summed E-state index contributed by atoms with van der Waals surface area (Å²) in [4.78, 5) is -0.109. The van der Waals surface area contributed by atoms with E-state index in [2.05, 4.69) is 4.72 Å². The zero-order chi connectivity index (χ0) is 14.0. The van der Waals surface area contributed by atoms with E-state index in [1.165, 1.54) is 30.3 Å². The van der Waals surface area contributed by atoms with Crippen LogP contribution in [0, 0.1) is 0 Å². The van der Waals surface area contributed by atoms with E-state index in [1.54, 1.807) is 12.1 Å². The van der Waals surface area contributed by atoms with E-state index >= 15 is 0 Å². The summed E-state index contributed by atoms with van der Waals surface area (Å²) in [5.74, 6) is -0.170. The number of nitrogens with one attached hydrogen (secondary N) is 1. The van der Waals surface area contributed by atoms with Gasteiger partial charge in [0, 0.05) is 5.02 Å².